The van der Waals surface area contributed by atoms with Crippen LogP contribution in [0.15, 0.2) is 54.6 Å². The van der Waals surface area contributed by atoms with Gasteiger partial charge in [0.25, 0.3) is 0 Å². The number of carboxylic acids is 1. The van der Waals surface area contributed by atoms with Crippen molar-refractivity contribution in [1.82, 2.24) is 9.80 Å². The molecule has 9 heteroatoms. The van der Waals surface area contributed by atoms with E-state index in [1.807, 2.05) is 6.92 Å². The number of nitrogen functional groups attached to an aromatic ring is 1. The summed E-state index contributed by atoms with van der Waals surface area (Å²) in [5, 5.41) is 17.2. The zero-order valence-corrected chi connectivity index (χ0v) is 17.7. The molecular weight excluding hydrogens is 412 g/mol. The van der Waals surface area contributed by atoms with Crippen molar-refractivity contribution in [3.05, 3.63) is 65.7 Å². The molecule has 0 spiro atoms. The highest BCUT2D eigenvalue weighted by Gasteiger charge is 2.41. The van der Waals surface area contributed by atoms with Crippen LogP contribution in [0.3, 0.4) is 0 Å². The molecule has 1 aliphatic heterocycles. The number of piperazine rings is 1. The summed E-state index contributed by atoms with van der Waals surface area (Å²) in [6.07, 6.45) is -0.141. The second-order valence-electron chi connectivity index (χ2n) is 7.52. The molecule has 2 aromatic rings. The lowest BCUT2D eigenvalue weighted by Gasteiger charge is -2.40. The van der Waals surface area contributed by atoms with Crippen LogP contribution in [0.5, 0.6) is 5.75 Å². The molecule has 168 valence electrons. The normalized spacial score (nSPS) is 17.2. The van der Waals surface area contributed by atoms with Gasteiger partial charge in [-0.25, -0.2) is 0 Å². The maximum Gasteiger partial charge on any atom is 0.315 e. The van der Waals surface area contributed by atoms with Crippen molar-refractivity contribution < 1.29 is 24.2 Å². The molecule has 2 unspecified atom stereocenters. The molecule has 3 rings (SSSR count). The fourth-order valence-electron chi connectivity index (χ4n) is 3.61. The summed E-state index contributed by atoms with van der Waals surface area (Å²) in [5.74, 6) is -3.14. The van der Waals surface area contributed by atoms with E-state index in [9.17, 15) is 19.5 Å². The second kappa shape index (κ2) is 9.95. The first-order valence-corrected chi connectivity index (χ1v) is 10.3. The van der Waals surface area contributed by atoms with Gasteiger partial charge in [0.2, 0.25) is 0 Å². The number of hydrogen-bond donors (Lipinski definition) is 3. The van der Waals surface area contributed by atoms with Gasteiger partial charge in [-0.05, 0) is 36.2 Å². The van der Waals surface area contributed by atoms with Crippen LogP contribution >= 0.6 is 0 Å². The van der Waals surface area contributed by atoms with Crippen LogP contribution in [-0.2, 0) is 14.4 Å². The standard InChI is InChI=1S/C23H26N4O5/c1-2-12-27-19(32-17-10-8-16(9-11-17)20(24)25)14-26(21(28)22(27)29)13-18(23(30)31)15-6-4-3-5-7-15/h3-11,18-19H,2,12-14H2,1H3,(H3,24,25)(H,30,31). The topological polar surface area (TPSA) is 137 Å². The highest BCUT2D eigenvalue weighted by Crippen LogP contribution is 2.23. The number of nitrogens with two attached hydrogens (primary N) is 1. The fourth-order valence-corrected chi connectivity index (χ4v) is 3.61. The molecule has 9 nitrogen and oxygen atoms in total. The molecule has 1 aliphatic rings. The number of hydrogen-bond acceptors (Lipinski definition) is 5. The molecule has 0 aliphatic carbocycles. The van der Waals surface area contributed by atoms with Gasteiger partial charge in [-0.3, -0.25) is 24.7 Å². The SMILES string of the molecule is CCCN1C(=O)C(=O)N(CC(C(=O)O)c2ccccc2)CC1Oc1ccc(C(=N)N)cc1. The number of benzene rings is 2. The summed E-state index contributed by atoms with van der Waals surface area (Å²) in [5.41, 5.74) is 6.56. The number of carbonyl (C=O) groups is 3. The lowest BCUT2D eigenvalue weighted by atomic mass is 9.98. The number of nitrogens with one attached hydrogen (secondary N) is 1. The Kier molecular flexibility index (Phi) is 7.09. The van der Waals surface area contributed by atoms with E-state index in [1.54, 1.807) is 54.6 Å². The molecule has 0 radical (unpaired) electrons. The molecule has 2 atom stereocenters. The maximum absolute atomic E-state index is 12.8. The Bertz CT molecular complexity index is 993. The number of nitrogens with zero attached hydrogens (tertiary/aromatic N) is 2. The highest BCUT2D eigenvalue weighted by atomic mass is 16.5. The predicted octanol–water partition coefficient (Wildman–Crippen LogP) is 1.62. The zero-order valence-electron chi connectivity index (χ0n) is 17.7. The summed E-state index contributed by atoms with van der Waals surface area (Å²) in [7, 11) is 0. The molecule has 4 N–H and O–H groups in total. The largest absolute Gasteiger partial charge is 0.481 e. The molecule has 1 saturated heterocycles. The smallest absolute Gasteiger partial charge is 0.315 e. The summed E-state index contributed by atoms with van der Waals surface area (Å²) in [6.45, 7) is 2.11. The Hall–Kier alpha value is -3.88. The van der Waals surface area contributed by atoms with Gasteiger partial charge in [-0.15, -0.1) is 0 Å². The van der Waals surface area contributed by atoms with Crippen LogP contribution in [0.2, 0.25) is 0 Å². The van der Waals surface area contributed by atoms with Crippen molar-refractivity contribution >= 4 is 23.6 Å². The first-order valence-electron chi connectivity index (χ1n) is 10.3. The van der Waals surface area contributed by atoms with Crippen molar-refractivity contribution in [2.75, 3.05) is 19.6 Å². The predicted molar refractivity (Wildman–Crippen MR) is 117 cm³/mol. The monoisotopic (exact) mass is 438 g/mol. The van der Waals surface area contributed by atoms with Gasteiger partial charge < -0.3 is 20.5 Å². The summed E-state index contributed by atoms with van der Waals surface area (Å²) in [6, 6.07) is 15.1. The molecule has 32 heavy (non-hydrogen) atoms. The molecule has 2 amide bonds. The van der Waals surface area contributed by atoms with Crippen LogP contribution in [-0.4, -0.2) is 64.4 Å². The lowest BCUT2D eigenvalue weighted by molar-refractivity contribution is -0.167. The van der Waals surface area contributed by atoms with Gasteiger partial charge >= 0.3 is 17.8 Å². The minimum Gasteiger partial charge on any atom is -0.481 e. The number of amides is 2. The molecule has 2 aromatic carbocycles. The first kappa shape index (κ1) is 22.8. The third-order valence-electron chi connectivity index (χ3n) is 5.26. The van der Waals surface area contributed by atoms with Gasteiger partial charge in [-0.2, -0.15) is 0 Å². The Morgan fingerprint density at radius 1 is 1.16 bits per heavy atom. The maximum atomic E-state index is 12.8. The average molecular weight is 438 g/mol. The quantitative estimate of drug-likeness (QED) is 0.309. The third-order valence-corrected chi connectivity index (χ3v) is 5.26. The molecular formula is C23H26N4O5. The minimum atomic E-state index is -1.08. The van der Waals surface area contributed by atoms with E-state index < -0.39 is 29.9 Å². The minimum absolute atomic E-state index is 0.0373. The van der Waals surface area contributed by atoms with Crippen molar-refractivity contribution in [2.24, 2.45) is 5.73 Å². The van der Waals surface area contributed by atoms with Crippen molar-refractivity contribution in [3.63, 3.8) is 0 Å². The summed E-state index contributed by atoms with van der Waals surface area (Å²) >= 11 is 0. The van der Waals surface area contributed by atoms with Crippen molar-refractivity contribution in [3.8, 4) is 5.75 Å². The number of carboxylic acid groups (broad SMARTS) is 1. The Labute approximate surface area is 185 Å². The van der Waals surface area contributed by atoms with Crippen LogP contribution < -0.4 is 10.5 Å². The number of ether oxygens (including phenoxy) is 1. The Morgan fingerprint density at radius 3 is 2.38 bits per heavy atom. The van der Waals surface area contributed by atoms with Gasteiger partial charge in [0, 0.05) is 18.7 Å². The van der Waals surface area contributed by atoms with E-state index in [0.29, 0.717) is 29.8 Å². The first-order chi connectivity index (χ1) is 15.3. The number of rotatable bonds is 9. The average Bonchev–Trinajstić information content (AvgIpc) is 2.78. The van der Waals surface area contributed by atoms with Crippen LogP contribution in [0.1, 0.15) is 30.4 Å². The molecule has 1 fully saturated rings. The lowest BCUT2D eigenvalue weighted by Crippen LogP contribution is -2.62. The third kappa shape index (κ3) is 5.05. The highest BCUT2D eigenvalue weighted by molar-refractivity contribution is 6.35. The summed E-state index contributed by atoms with van der Waals surface area (Å²) in [4.78, 5) is 40.1. The van der Waals surface area contributed by atoms with E-state index in [0.717, 1.165) is 0 Å². The van der Waals surface area contributed by atoms with E-state index in [-0.39, 0.29) is 18.9 Å². The van der Waals surface area contributed by atoms with Gasteiger partial charge in [0.1, 0.15) is 11.6 Å². The Morgan fingerprint density at radius 2 is 1.81 bits per heavy atom. The summed E-state index contributed by atoms with van der Waals surface area (Å²) < 4.78 is 6.00. The molecule has 0 aromatic heterocycles. The van der Waals surface area contributed by atoms with Crippen LogP contribution in [0.4, 0.5) is 0 Å². The van der Waals surface area contributed by atoms with E-state index >= 15 is 0 Å². The van der Waals surface area contributed by atoms with E-state index in [1.165, 1.54) is 9.80 Å². The van der Waals surface area contributed by atoms with Crippen molar-refractivity contribution in [2.45, 2.75) is 25.5 Å². The number of carbonyl (C=O) groups excluding carboxylic acids is 2. The van der Waals surface area contributed by atoms with Crippen LogP contribution in [0, 0.1) is 5.41 Å². The molecule has 1 heterocycles. The number of amidine groups is 1. The second-order valence-corrected chi connectivity index (χ2v) is 7.52. The fraction of sp³-hybridized carbons (Fsp3) is 0.304. The van der Waals surface area contributed by atoms with Gasteiger partial charge in [0.15, 0.2) is 6.23 Å². The van der Waals surface area contributed by atoms with Gasteiger partial charge in [0.05, 0.1) is 12.5 Å². The van der Waals surface area contributed by atoms with Crippen molar-refractivity contribution in [1.29, 1.82) is 5.41 Å². The molecule has 0 bridgehead atoms. The number of aliphatic carboxylic acids is 1. The molecule has 0 saturated carbocycles. The van der Waals surface area contributed by atoms with E-state index in [2.05, 4.69) is 0 Å². The van der Waals surface area contributed by atoms with Gasteiger partial charge in [-0.1, -0.05) is 37.3 Å². The van der Waals surface area contributed by atoms with Crippen LogP contribution in [0.25, 0.3) is 0 Å². The zero-order chi connectivity index (χ0) is 23.3. The van der Waals surface area contributed by atoms with E-state index in [4.69, 9.17) is 15.9 Å². The Balaban J connectivity index is 1.83.